The second kappa shape index (κ2) is 7.27. The maximum atomic E-state index is 9.89. The number of aliphatic hydroxyl groups is 2. The van der Waals surface area contributed by atoms with Crippen LogP contribution in [0, 0.1) is 0 Å². The molecule has 3 N–H and O–H groups in total. The van der Waals surface area contributed by atoms with Gasteiger partial charge in [0.1, 0.15) is 6.10 Å². The lowest BCUT2D eigenvalue weighted by molar-refractivity contribution is 0.0140. The van der Waals surface area contributed by atoms with E-state index in [0.717, 1.165) is 0 Å². The molecule has 0 saturated heterocycles. The van der Waals surface area contributed by atoms with Crippen LogP contribution in [0.1, 0.15) is 18.1 Å². The van der Waals surface area contributed by atoms with Crippen LogP contribution in [0.3, 0.4) is 0 Å². The van der Waals surface area contributed by atoms with Crippen LogP contribution < -0.4 is 5.32 Å². The Hall–Kier alpha value is -1.10. The molecule has 2 atom stereocenters. The van der Waals surface area contributed by atoms with Crippen LogP contribution in [-0.4, -0.2) is 35.1 Å². The van der Waals surface area contributed by atoms with Crippen molar-refractivity contribution in [2.24, 2.45) is 4.99 Å². The lowest BCUT2D eigenvalue weighted by Crippen LogP contribution is -2.23. The molecular weight excluding hydrogens is 236 g/mol. The molecule has 0 heterocycles. The minimum Gasteiger partial charge on any atom is -0.390 e. The van der Waals surface area contributed by atoms with Crippen molar-refractivity contribution >= 4 is 23.1 Å². The highest BCUT2D eigenvalue weighted by atomic mass is 32.1. The molecule has 17 heavy (non-hydrogen) atoms. The molecule has 0 bridgehead atoms. The number of thiocarbonyl (C=S) groups is 1. The summed E-state index contributed by atoms with van der Waals surface area (Å²) in [6.45, 7) is 0.658. The Morgan fingerprint density at radius 3 is 2.53 bits per heavy atom. The monoisotopic (exact) mass is 252 g/mol. The first-order chi connectivity index (χ1) is 8.19. The minimum atomic E-state index is -0.881. The summed E-state index contributed by atoms with van der Waals surface area (Å²) in [6, 6.07) is 6.89. The highest BCUT2D eigenvalue weighted by molar-refractivity contribution is 7.78. The number of isothiocyanates is 1. The van der Waals surface area contributed by atoms with E-state index in [2.05, 4.69) is 27.7 Å². The van der Waals surface area contributed by atoms with Crippen molar-refractivity contribution in [2.45, 2.75) is 18.6 Å². The van der Waals surface area contributed by atoms with Crippen molar-refractivity contribution in [2.75, 3.05) is 13.6 Å². The van der Waals surface area contributed by atoms with E-state index in [9.17, 15) is 10.2 Å². The summed E-state index contributed by atoms with van der Waals surface area (Å²) in [4.78, 5) is 3.81. The van der Waals surface area contributed by atoms with Gasteiger partial charge in [-0.2, -0.15) is 4.99 Å². The van der Waals surface area contributed by atoms with E-state index in [1.807, 2.05) is 0 Å². The molecule has 5 heteroatoms. The minimum absolute atomic E-state index is 0.498. The van der Waals surface area contributed by atoms with Crippen molar-refractivity contribution in [1.82, 2.24) is 5.32 Å². The molecule has 0 saturated carbocycles. The van der Waals surface area contributed by atoms with E-state index >= 15 is 0 Å². The lowest BCUT2D eigenvalue weighted by atomic mass is 10.0. The molecule has 0 aliphatic carbocycles. The first-order valence-electron chi connectivity index (χ1n) is 5.37. The Morgan fingerprint density at radius 1 is 1.35 bits per heavy atom. The smallest absolute Gasteiger partial charge is 0.105 e. The van der Waals surface area contributed by atoms with Gasteiger partial charge in [0.2, 0.25) is 0 Å². The van der Waals surface area contributed by atoms with Crippen LogP contribution in [0.5, 0.6) is 0 Å². The predicted octanol–water partition coefficient (Wildman–Crippen LogP) is 1.42. The summed E-state index contributed by atoms with van der Waals surface area (Å²) in [5.41, 5.74) is 1.34. The quantitative estimate of drug-likeness (QED) is 0.529. The zero-order chi connectivity index (χ0) is 12.7. The molecule has 4 nitrogen and oxygen atoms in total. The van der Waals surface area contributed by atoms with Gasteiger partial charge in [0.15, 0.2) is 0 Å². The van der Waals surface area contributed by atoms with E-state index in [0.29, 0.717) is 24.2 Å². The molecule has 0 aliphatic rings. The second-order valence-electron chi connectivity index (χ2n) is 3.70. The maximum absolute atomic E-state index is 9.89. The number of aliphatic hydroxyl groups excluding tert-OH is 2. The predicted molar refractivity (Wildman–Crippen MR) is 70.6 cm³/mol. The number of nitrogens with one attached hydrogen (secondary N) is 1. The van der Waals surface area contributed by atoms with E-state index in [-0.39, 0.29) is 0 Å². The Kier molecular flexibility index (Phi) is 5.97. The van der Waals surface area contributed by atoms with Gasteiger partial charge in [0.05, 0.1) is 17.0 Å². The topological polar surface area (TPSA) is 64.8 Å². The van der Waals surface area contributed by atoms with E-state index in [1.165, 1.54) is 0 Å². The van der Waals surface area contributed by atoms with Crippen molar-refractivity contribution in [3.8, 4) is 0 Å². The first kappa shape index (κ1) is 14.0. The van der Waals surface area contributed by atoms with Crippen LogP contribution in [0.25, 0.3) is 0 Å². The van der Waals surface area contributed by atoms with Gasteiger partial charge in [0, 0.05) is 0 Å². The zero-order valence-corrected chi connectivity index (χ0v) is 10.4. The Labute approximate surface area is 106 Å². The van der Waals surface area contributed by atoms with Gasteiger partial charge in [-0.25, -0.2) is 0 Å². The number of rotatable bonds is 6. The molecule has 92 valence electrons. The van der Waals surface area contributed by atoms with Crippen LogP contribution >= 0.6 is 12.2 Å². The van der Waals surface area contributed by atoms with Crippen LogP contribution in [0.15, 0.2) is 29.3 Å². The summed E-state index contributed by atoms with van der Waals surface area (Å²) in [7, 11) is 1.80. The lowest BCUT2D eigenvalue weighted by Gasteiger charge is -2.17. The fourth-order valence-electron chi connectivity index (χ4n) is 1.47. The highest BCUT2D eigenvalue weighted by Crippen LogP contribution is 2.21. The number of benzene rings is 1. The van der Waals surface area contributed by atoms with Gasteiger partial charge in [0.25, 0.3) is 0 Å². The van der Waals surface area contributed by atoms with E-state index in [4.69, 9.17) is 0 Å². The van der Waals surface area contributed by atoms with Gasteiger partial charge in [-0.3, -0.25) is 0 Å². The summed E-state index contributed by atoms with van der Waals surface area (Å²) >= 11 is 4.49. The van der Waals surface area contributed by atoms with Gasteiger partial charge in [-0.05, 0) is 49.9 Å². The van der Waals surface area contributed by atoms with E-state index in [1.54, 1.807) is 31.3 Å². The van der Waals surface area contributed by atoms with Gasteiger partial charge in [-0.1, -0.05) is 12.1 Å². The first-order valence-corrected chi connectivity index (χ1v) is 5.78. The average Bonchev–Trinajstić information content (AvgIpc) is 2.36. The van der Waals surface area contributed by atoms with E-state index < -0.39 is 12.2 Å². The van der Waals surface area contributed by atoms with Crippen LogP contribution in [0.2, 0.25) is 0 Å². The Balaban J connectivity index is 2.68. The third-order valence-corrected chi connectivity index (χ3v) is 2.56. The Bertz CT molecular complexity index is 388. The molecule has 0 spiro atoms. The molecule has 2 unspecified atom stereocenters. The summed E-state index contributed by atoms with van der Waals surface area (Å²) < 4.78 is 0. The SMILES string of the molecule is CNCCC(O)C(O)c1ccc(N=C=S)cc1. The molecule has 0 fully saturated rings. The average molecular weight is 252 g/mol. The largest absolute Gasteiger partial charge is 0.390 e. The number of nitrogens with zero attached hydrogens (tertiary/aromatic N) is 1. The van der Waals surface area contributed by atoms with Crippen LogP contribution in [0.4, 0.5) is 5.69 Å². The second-order valence-corrected chi connectivity index (χ2v) is 3.88. The normalized spacial score (nSPS) is 13.8. The standard InChI is InChI=1S/C12H16N2O2S/c1-13-7-6-11(15)12(16)9-2-4-10(5-3-9)14-8-17/h2-5,11-13,15-16H,6-7H2,1H3. The fourth-order valence-corrected chi connectivity index (χ4v) is 1.58. The number of hydrogen-bond donors (Lipinski definition) is 3. The maximum Gasteiger partial charge on any atom is 0.105 e. The molecular formula is C12H16N2O2S. The Morgan fingerprint density at radius 2 is 2.00 bits per heavy atom. The third-order valence-electron chi connectivity index (χ3n) is 2.46. The molecule has 0 amide bonds. The van der Waals surface area contributed by atoms with Gasteiger partial charge in [-0.15, -0.1) is 0 Å². The van der Waals surface area contributed by atoms with Crippen molar-refractivity contribution in [3.63, 3.8) is 0 Å². The number of hydrogen-bond acceptors (Lipinski definition) is 5. The molecule has 0 aromatic heterocycles. The van der Waals surface area contributed by atoms with Crippen molar-refractivity contribution in [3.05, 3.63) is 29.8 Å². The molecule has 1 rings (SSSR count). The highest BCUT2D eigenvalue weighted by Gasteiger charge is 2.17. The molecule has 1 aromatic rings. The van der Waals surface area contributed by atoms with Crippen LogP contribution in [-0.2, 0) is 0 Å². The van der Waals surface area contributed by atoms with Crippen molar-refractivity contribution in [1.29, 1.82) is 0 Å². The zero-order valence-electron chi connectivity index (χ0n) is 9.63. The summed E-state index contributed by atoms with van der Waals surface area (Å²) in [5, 5.41) is 24.8. The fraction of sp³-hybridized carbons (Fsp3) is 0.417. The number of aliphatic imine (C=N–C) groups is 1. The molecule has 0 aliphatic heterocycles. The van der Waals surface area contributed by atoms with Crippen molar-refractivity contribution < 1.29 is 10.2 Å². The molecule has 1 aromatic carbocycles. The van der Waals surface area contributed by atoms with Gasteiger partial charge < -0.3 is 15.5 Å². The summed E-state index contributed by atoms with van der Waals surface area (Å²) in [6.07, 6.45) is -1.16. The summed E-state index contributed by atoms with van der Waals surface area (Å²) in [5.74, 6) is 0. The van der Waals surface area contributed by atoms with Gasteiger partial charge >= 0.3 is 0 Å². The third kappa shape index (κ3) is 4.34. The molecule has 0 radical (unpaired) electrons.